The molecule has 5 nitrogen and oxygen atoms in total. The molecule has 0 bridgehead atoms. The van der Waals surface area contributed by atoms with E-state index in [-0.39, 0.29) is 0 Å². The van der Waals surface area contributed by atoms with Gasteiger partial charge < -0.3 is 9.47 Å². The number of benzene rings is 2. The fourth-order valence-electron chi connectivity index (χ4n) is 3.52. The zero-order valence-corrected chi connectivity index (χ0v) is 16.4. The van der Waals surface area contributed by atoms with E-state index in [2.05, 4.69) is 0 Å². The number of esters is 2. The summed E-state index contributed by atoms with van der Waals surface area (Å²) < 4.78 is 12.0. The van der Waals surface area contributed by atoms with Crippen molar-refractivity contribution in [2.45, 2.75) is 13.8 Å². The minimum atomic E-state index is -0.508. The van der Waals surface area contributed by atoms with Crippen molar-refractivity contribution in [1.29, 1.82) is 0 Å². The third kappa shape index (κ3) is 3.27. The summed E-state index contributed by atoms with van der Waals surface area (Å²) in [6, 6.07) is 18.9. The molecule has 0 spiro atoms. The Morgan fingerprint density at radius 1 is 0.714 bits per heavy atom. The van der Waals surface area contributed by atoms with E-state index in [9.17, 15) is 9.59 Å². The van der Waals surface area contributed by atoms with Gasteiger partial charge in [-0.05, 0) is 5.56 Å². The number of hydrogen-bond acceptors (Lipinski definition) is 4. The molecule has 0 N–H and O–H groups in total. The highest BCUT2D eigenvalue weighted by Crippen LogP contribution is 2.32. The van der Waals surface area contributed by atoms with Gasteiger partial charge in [-0.15, -0.1) is 0 Å². The molecule has 2 aromatic carbocycles. The lowest BCUT2D eigenvalue weighted by Crippen LogP contribution is -2.42. The first-order valence-electron chi connectivity index (χ1n) is 8.88. The average molecular weight is 376 g/mol. The van der Waals surface area contributed by atoms with Gasteiger partial charge in [0, 0.05) is 31.5 Å². The van der Waals surface area contributed by atoms with E-state index in [1.54, 1.807) is 0 Å². The summed E-state index contributed by atoms with van der Waals surface area (Å²) in [5, 5.41) is 0. The number of nitrogens with zero attached hydrogens (tertiary/aromatic N) is 1. The zero-order chi connectivity index (χ0) is 20.3. The van der Waals surface area contributed by atoms with E-state index < -0.39 is 11.9 Å². The van der Waals surface area contributed by atoms with Gasteiger partial charge in [0.25, 0.3) is 0 Å². The van der Waals surface area contributed by atoms with Gasteiger partial charge in [0.1, 0.15) is 11.1 Å². The van der Waals surface area contributed by atoms with Crippen LogP contribution >= 0.6 is 0 Å². The van der Waals surface area contributed by atoms with Crippen LogP contribution in [0.5, 0.6) is 0 Å². The Balaban J connectivity index is 2.52. The Kier molecular flexibility index (Phi) is 5.54. The van der Waals surface area contributed by atoms with Crippen molar-refractivity contribution in [3.63, 3.8) is 0 Å². The molecule has 1 aromatic heterocycles. The maximum Gasteiger partial charge on any atom is 0.344 e. The van der Waals surface area contributed by atoms with E-state index in [4.69, 9.17) is 9.47 Å². The molecule has 3 rings (SSSR count). The van der Waals surface area contributed by atoms with Crippen LogP contribution in [0.4, 0.5) is 0 Å². The fraction of sp³-hybridized carbons (Fsp3) is 0.174. The van der Waals surface area contributed by atoms with Crippen LogP contribution in [0.2, 0.25) is 0 Å². The van der Waals surface area contributed by atoms with Gasteiger partial charge in [-0.3, -0.25) is 0 Å². The summed E-state index contributed by atoms with van der Waals surface area (Å²) in [7, 11) is 2.67. The normalized spacial score (nSPS) is 10.4. The largest absolute Gasteiger partial charge is 0.465 e. The van der Waals surface area contributed by atoms with Crippen LogP contribution < -0.4 is 4.57 Å². The second-order valence-electron chi connectivity index (χ2n) is 6.32. The molecule has 0 saturated heterocycles. The molecule has 0 saturated carbocycles. The SMILES string of the molecule is COC(=O)c1c(-c2ccccc2)c(C(=O)OC)c(C)[n+](-c2ccccc2)c1C. The number of pyridine rings is 1. The number of methoxy groups -OCH3 is 2. The third-order valence-corrected chi connectivity index (χ3v) is 4.75. The van der Waals surface area contributed by atoms with Gasteiger partial charge in [-0.2, -0.15) is 4.57 Å². The predicted molar refractivity (Wildman–Crippen MR) is 106 cm³/mol. The number of hydrogen-bond donors (Lipinski definition) is 0. The monoisotopic (exact) mass is 376 g/mol. The lowest BCUT2D eigenvalue weighted by Gasteiger charge is -2.17. The number of aromatic nitrogens is 1. The second kappa shape index (κ2) is 8.05. The minimum Gasteiger partial charge on any atom is -0.465 e. The molecule has 0 radical (unpaired) electrons. The summed E-state index contributed by atoms with van der Waals surface area (Å²) in [6.07, 6.45) is 0. The van der Waals surface area contributed by atoms with Crippen LogP contribution in [0, 0.1) is 13.8 Å². The smallest absolute Gasteiger partial charge is 0.344 e. The third-order valence-electron chi connectivity index (χ3n) is 4.75. The van der Waals surface area contributed by atoms with Crippen molar-refractivity contribution < 1.29 is 23.6 Å². The molecular weight excluding hydrogens is 354 g/mol. The lowest BCUT2D eigenvalue weighted by molar-refractivity contribution is -0.609. The van der Waals surface area contributed by atoms with Gasteiger partial charge in [0.05, 0.1) is 14.2 Å². The number of para-hydroxylation sites is 1. The molecule has 0 aliphatic heterocycles. The standard InChI is InChI=1S/C23H22NO4/c1-15-19(22(25)27-3)21(17-11-7-5-8-12-17)20(23(26)28-4)16(2)24(15)18-13-9-6-10-14-18/h5-14H,1-4H3/q+1. The van der Waals surface area contributed by atoms with E-state index in [0.29, 0.717) is 28.1 Å². The molecule has 28 heavy (non-hydrogen) atoms. The van der Waals surface area contributed by atoms with Gasteiger partial charge in [-0.1, -0.05) is 48.5 Å². The molecular formula is C23H22NO4+. The molecule has 0 amide bonds. The molecule has 0 aliphatic carbocycles. The quantitative estimate of drug-likeness (QED) is 0.513. The minimum absolute atomic E-state index is 0.337. The number of ether oxygens (including phenoxy) is 2. The van der Waals surface area contributed by atoms with Crippen molar-refractivity contribution in [2.75, 3.05) is 14.2 Å². The zero-order valence-electron chi connectivity index (χ0n) is 16.4. The summed E-state index contributed by atoms with van der Waals surface area (Å²) in [5.74, 6) is -1.02. The van der Waals surface area contributed by atoms with E-state index >= 15 is 0 Å². The first kappa shape index (κ1) is 19.3. The van der Waals surface area contributed by atoms with Crippen molar-refractivity contribution in [2.24, 2.45) is 0 Å². The Hall–Kier alpha value is -3.47. The fourth-order valence-corrected chi connectivity index (χ4v) is 3.52. The van der Waals surface area contributed by atoms with Crippen molar-refractivity contribution in [3.05, 3.63) is 83.2 Å². The highest BCUT2D eigenvalue weighted by atomic mass is 16.5. The number of rotatable bonds is 4. The van der Waals surface area contributed by atoms with Crippen LogP contribution in [0.3, 0.4) is 0 Å². The first-order valence-corrected chi connectivity index (χ1v) is 8.88. The highest BCUT2D eigenvalue weighted by Gasteiger charge is 2.35. The van der Waals surface area contributed by atoms with Crippen LogP contribution in [0.25, 0.3) is 16.8 Å². The van der Waals surface area contributed by atoms with Crippen LogP contribution in [0.15, 0.2) is 60.7 Å². The van der Waals surface area contributed by atoms with Gasteiger partial charge in [-0.25, -0.2) is 9.59 Å². The maximum absolute atomic E-state index is 12.8. The molecule has 0 aliphatic rings. The van der Waals surface area contributed by atoms with Gasteiger partial charge in [0.2, 0.25) is 5.69 Å². The molecule has 0 atom stereocenters. The molecule has 142 valence electrons. The van der Waals surface area contributed by atoms with Crippen molar-refractivity contribution in [3.8, 4) is 16.8 Å². The van der Waals surface area contributed by atoms with Crippen LogP contribution in [-0.2, 0) is 9.47 Å². The summed E-state index contributed by atoms with van der Waals surface area (Å²) in [4.78, 5) is 25.6. The lowest BCUT2D eigenvalue weighted by atomic mass is 9.91. The molecule has 5 heteroatoms. The highest BCUT2D eigenvalue weighted by molar-refractivity contribution is 6.06. The summed E-state index contributed by atoms with van der Waals surface area (Å²) in [6.45, 7) is 3.69. The van der Waals surface area contributed by atoms with Crippen molar-refractivity contribution >= 4 is 11.9 Å². The summed E-state index contributed by atoms with van der Waals surface area (Å²) >= 11 is 0. The van der Waals surface area contributed by atoms with Gasteiger partial charge >= 0.3 is 11.9 Å². The van der Waals surface area contributed by atoms with E-state index in [1.807, 2.05) is 79.1 Å². The van der Waals surface area contributed by atoms with Crippen LogP contribution in [-0.4, -0.2) is 26.2 Å². The Labute approximate surface area is 164 Å². The van der Waals surface area contributed by atoms with Gasteiger partial charge in [0.15, 0.2) is 11.4 Å². The predicted octanol–water partition coefficient (Wildman–Crippen LogP) is 3.82. The Morgan fingerprint density at radius 3 is 1.57 bits per heavy atom. The van der Waals surface area contributed by atoms with E-state index in [0.717, 1.165) is 11.3 Å². The average Bonchev–Trinajstić information content (AvgIpc) is 2.73. The first-order chi connectivity index (χ1) is 13.5. The molecule has 0 unspecified atom stereocenters. The molecule has 0 fully saturated rings. The number of carbonyl (C=O) groups is 2. The second-order valence-corrected chi connectivity index (χ2v) is 6.32. The molecule has 1 heterocycles. The topological polar surface area (TPSA) is 56.5 Å². The maximum atomic E-state index is 12.8. The van der Waals surface area contributed by atoms with Crippen molar-refractivity contribution in [1.82, 2.24) is 0 Å². The van der Waals surface area contributed by atoms with E-state index in [1.165, 1.54) is 14.2 Å². The number of carbonyl (C=O) groups excluding carboxylic acids is 2. The Bertz CT molecular complexity index is 984. The Morgan fingerprint density at radius 2 is 1.14 bits per heavy atom. The summed E-state index contributed by atoms with van der Waals surface area (Å²) in [5.41, 5.74) is 4.14. The molecule has 3 aromatic rings. The van der Waals surface area contributed by atoms with Crippen LogP contribution in [0.1, 0.15) is 32.1 Å².